The summed E-state index contributed by atoms with van der Waals surface area (Å²) in [6.45, 7) is 2.90. The molecule has 38 heavy (non-hydrogen) atoms. The van der Waals surface area contributed by atoms with Crippen LogP contribution in [0.2, 0.25) is 0 Å². The summed E-state index contributed by atoms with van der Waals surface area (Å²) in [4.78, 5) is 13.3. The average Bonchev–Trinajstić information content (AvgIpc) is 3.44. The zero-order valence-electron chi connectivity index (χ0n) is 21.6. The summed E-state index contributed by atoms with van der Waals surface area (Å²) in [6, 6.07) is 39.9. The molecule has 1 atom stereocenters. The van der Waals surface area contributed by atoms with E-state index < -0.39 is 7.92 Å². The summed E-state index contributed by atoms with van der Waals surface area (Å²) >= 11 is 1.75. The van der Waals surface area contributed by atoms with E-state index >= 15 is 0 Å². The number of methoxy groups -OCH3 is 1. The Hall–Kier alpha value is -2.54. The van der Waals surface area contributed by atoms with Crippen LogP contribution < -0.4 is 25.4 Å². The van der Waals surface area contributed by atoms with Crippen molar-refractivity contribution in [2.45, 2.75) is 12.3 Å². The van der Waals surface area contributed by atoms with Gasteiger partial charge in [0.05, 0.1) is 7.11 Å². The Morgan fingerprint density at radius 2 is 1.24 bits per heavy atom. The summed E-state index contributed by atoms with van der Waals surface area (Å²) in [5, 5.41) is 4.30. The predicted octanol–water partition coefficient (Wildman–Crippen LogP) is 6.06. The van der Waals surface area contributed by atoms with Gasteiger partial charge in [0.2, 0.25) is 5.91 Å². The van der Waals surface area contributed by atoms with Crippen molar-refractivity contribution in [1.29, 1.82) is 0 Å². The second-order valence-corrected chi connectivity index (χ2v) is 11.8. The van der Waals surface area contributed by atoms with Gasteiger partial charge in [-0.15, -0.1) is 35.7 Å². The van der Waals surface area contributed by atoms with Gasteiger partial charge < -0.3 is 14.4 Å². The molecule has 7 heteroatoms. The van der Waals surface area contributed by atoms with E-state index in [9.17, 15) is 4.79 Å². The van der Waals surface area contributed by atoms with Crippen molar-refractivity contribution in [2.24, 2.45) is 0 Å². The number of ether oxygens (including phenoxy) is 2. The summed E-state index contributed by atoms with van der Waals surface area (Å²) in [7, 11) is 1.17. The van der Waals surface area contributed by atoms with Gasteiger partial charge in [0.15, 0.2) is 11.5 Å². The van der Waals surface area contributed by atoms with Crippen molar-refractivity contribution < 1.29 is 14.3 Å². The van der Waals surface area contributed by atoms with E-state index in [1.807, 2.05) is 29.2 Å². The van der Waals surface area contributed by atoms with E-state index in [0.717, 1.165) is 23.8 Å². The van der Waals surface area contributed by atoms with Crippen LogP contribution in [0.5, 0.6) is 11.5 Å². The summed E-state index contributed by atoms with van der Waals surface area (Å²) in [6.07, 6.45) is 0. The third kappa shape index (κ3) is 8.23. The molecule has 0 spiro atoms. The molecule has 1 amide bonds. The van der Waals surface area contributed by atoms with Gasteiger partial charge in [-0.25, -0.2) is 0 Å². The molecule has 0 aromatic heterocycles. The van der Waals surface area contributed by atoms with Gasteiger partial charge in [-0.2, -0.15) is 0 Å². The predicted molar refractivity (Wildman–Crippen MR) is 173 cm³/mol. The van der Waals surface area contributed by atoms with Crippen LogP contribution in [0.4, 0.5) is 0 Å². The first kappa shape index (κ1) is 30.0. The molecule has 1 fully saturated rings. The van der Waals surface area contributed by atoms with E-state index in [2.05, 4.69) is 91.0 Å². The lowest BCUT2D eigenvalue weighted by Crippen LogP contribution is -2.36. The van der Waals surface area contributed by atoms with Gasteiger partial charge >= 0.3 is 0 Å². The fourth-order valence-corrected chi connectivity index (χ4v) is 7.57. The quantitative estimate of drug-likeness (QED) is 0.179. The normalized spacial score (nSPS) is 14.2. The molecule has 0 bridgehead atoms. The number of halogens is 1. The van der Waals surface area contributed by atoms with E-state index in [0.29, 0.717) is 6.61 Å². The number of rotatable bonds is 7. The second kappa shape index (κ2) is 15.8. The number of thioether (sulfide) groups is 1. The highest BCUT2D eigenvalue weighted by atomic mass is 127. The average molecular weight is 658 g/mol. The molecule has 0 radical (unpaired) electrons. The highest BCUT2D eigenvalue weighted by Crippen LogP contribution is 2.32. The van der Waals surface area contributed by atoms with Crippen molar-refractivity contribution in [2.75, 3.05) is 26.0 Å². The number of hydrogen-bond donors (Lipinski definition) is 0. The number of benzene rings is 4. The summed E-state index contributed by atoms with van der Waals surface area (Å²) < 4.78 is 11.0. The lowest BCUT2D eigenvalue weighted by Gasteiger charge is -2.22. The molecule has 4 nitrogen and oxygen atoms in total. The molecule has 198 valence electrons. The Labute approximate surface area is 248 Å². The lowest BCUT2D eigenvalue weighted by atomic mass is 10.3. The molecular weight excluding hydrogens is 624 g/mol. The Morgan fingerprint density at radius 3 is 1.68 bits per heavy atom. The molecule has 1 saturated heterocycles. The van der Waals surface area contributed by atoms with Crippen LogP contribution in [0.3, 0.4) is 0 Å². The molecule has 4 aromatic carbocycles. The van der Waals surface area contributed by atoms with Crippen LogP contribution in [-0.4, -0.2) is 42.2 Å². The van der Waals surface area contributed by atoms with Gasteiger partial charge in [0.1, 0.15) is 12.0 Å². The summed E-state index contributed by atoms with van der Waals surface area (Å²) in [5.74, 6) is 2.51. The molecule has 5 rings (SSSR count). The second-order valence-electron chi connectivity index (χ2n) is 8.34. The number of carbonyl (C=O) groups excluding carboxylic acids is 1. The van der Waals surface area contributed by atoms with Crippen LogP contribution in [-0.2, 0) is 4.79 Å². The number of nitrogens with zero attached hydrogens (tertiary/aromatic N) is 1. The number of carbonyl (C=O) groups is 1. The number of hydrogen-bond acceptors (Lipinski definition) is 4. The smallest absolute Gasteiger partial charge is 0.220 e. The van der Waals surface area contributed by atoms with E-state index in [-0.39, 0.29) is 35.3 Å². The number of para-hydroxylation sites is 2. The van der Waals surface area contributed by atoms with Crippen molar-refractivity contribution in [3.05, 3.63) is 115 Å². The van der Waals surface area contributed by atoms with Crippen molar-refractivity contribution in [1.82, 2.24) is 4.90 Å². The van der Waals surface area contributed by atoms with E-state index in [1.54, 1.807) is 25.8 Å². The van der Waals surface area contributed by atoms with Gasteiger partial charge in [-0.1, -0.05) is 103 Å². The van der Waals surface area contributed by atoms with Crippen molar-refractivity contribution in [3.8, 4) is 11.5 Å². The minimum atomic E-state index is -0.446. The van der Waals surface area contributed by atoms with E-state index in [4.69, 9.17) is 9.47 Å². The fourth-order valence-electron chi connectivity index (χ4n) is 4.10. The topological polar surface area (TPSA) is 38.8 Å². The van der Waals surface area contributed by atoms with Crippen LogP contribution in [0.1, 0.15) is 6.92 Å². The first-order valence-electron chi connectivity index (χ1n) is 12.3. The fraction of sp³-hybridized carbons (Fsp3) is 0.194. The van der Waals surface area contributed by atoms with Gasteiger partial charge in [0, 0.05) is 19.2 Å². The minimum absolute atomic E-state index is 0. The zero-order chi connectivity index (χ0) is 25.9. The molecule has 0 aliphatic carbocycles. The highest BCUT2D eigenvalue weighted by Gasteiger charge is 2.27. The standard InChI is InChI=1S/C18H15P.C13H17NO3S.HI/c1-4-10-16(11-5-1)19(17-12-6-2-7-13-17)18-14-8-3-9-15-18;1-10(15)14-7-8-18-13(14)9-17-12-6-4-3-5-11(12)16-2;/h1-15H;3-6,13H,7-9H2,1-2H3;1H. The summed E-state index contributed by atoms with van der Waals surface area (Å²) in [5.41, 5.74) is 0. The largest absolute Gasteiger partial charge is 0.493 e. The maximum absolute atomic E-state index is 11.4. The molecule has 0 saturated carbocycles. The maximum atomic E-state index is 11.4. The Morgan fingerprint density at radius 1 is 0.789 bits per heavy atom. The molecule has 4 aromatic rings. The van der Waals surface area contributed by atoms with Crippen LogP contribution in [0.25, 0.3) is 0 Å². The first-order valence-corrected chi connectivity index (χ1v) is 14.7. The van der Waals surface area contributed by atoms with Gasteiger partial charge in [-0.05, 0) is 36.0 Å². The van der Waals surface area contributed by atoms with Crippen molar-refractivity contribution >= 4 is 65.5 Å². The minimum Gasteiger partial charge on any atom is -0.493 e. The van der Waals surface area contributed by atoms with Crippen molar-refractivity contribution in [3.63, 3.8) is 0 Å². The molecule has 0 N–H and O–H groups in total. The van der Waals surface area contributed by atoms with Gasteiger partial charge in [0.25, 0.3) is 0 Å². The van der Waals surface area contributed by atoms with Crippen LogP contribution >= 0.6 is 43.7 Å². The highest BCUT2D eigenvalue weighted by molar-refractivity contribution is 14.0. The third-order valence-corrected chi connectivity index (χ3v) is 9.53. The lowest BCUT2D eigenvalue weighted by molar-refractivity contribution is -0.129. The first-order chi connectivity index (χ1) is 18.2. The van der Waals surface area contributed by atoms with Crippen LogP contribution in [0.15, 0.2) is 115 Å². The monoisotopic (exact) mass is 657 g/mol. The Balaban J connectivity index is 0.000000206. The SMILES string of the molecule is COc1ccccc1OCC1SCCN1C(C)=O.I.c1ccc(P(c2ccccc2)c2ccccc2)cc1. The zero-order valence-corrected chi connectivity index (χ0v) is 25.6. The van der Waals surface area contributed by atoms with E-state index in [1.165, 1.54) is 15.9 Å². The van der Waals surface area contributed by atoms with Gasteiger partial charge in [-0.3, -0.25) is 4.79 Å². The molecule has 1 aliphatic heterocycles. The molecule has 1 heterocycles. The molecule has 1 unspecified atom stereocenters. The number of amides is 1. The Bertz CT molecular complexity index is 1150. The Kier molecular flexibility index (Phi) is 12.5. The third-order valence-electron chi connectivity index (χ3n) is 5.89. The molecule has 1 aliphatic rings. The van der Waals surface area contributed by atoms with Crippen LogP contribution in [0, 0.1) is 0 Å². The molecular formula is C31H33INO3PS. The maximum Gasteiger partial charge on any atom is 0.220 e.